The summed E-state index contributed by atoms with van der Waals surface area (Å²) in [6, 6.07) is 1.84. The first kappa shape index (κ1) is 15.4. The van der Waals surface area contributed by atoms with Crippen LogP contribution in [0.15, 0.2) is 12.1 Å². The summed E-state index contributed by atoms with van der Waals surface area (Å²) in [4.78, 5) is 0. The van der Waals surface area contributed by atoms with Crippen molar-refractivity contribution in [2.24, 2.45) is 5.92 Å². The van der Waals surface area contributed by atoms with Crippen LogP contribution in [0.3, 0.4) is 0 Å². The molecule has 112 valence electrons. The quantitative estimate of drug-likeness (QED) is 0.834. The maximum absolute atomic E-state index is 13.2. The molecule has 0 amide bonds. The van der Waals surface area contributed by atoms with Crippen LogP contribution in [-0.4, -0.2) is 19.3 Å². The Bertz CT molecular complexity index is 586. The lowest BCUT2D eigenvalue weighted by molar-refractivity contribution is 0.385. The monoisotopic (exact) mass is 321 g/mol. The molecule has 0 spiro atoms. The highest BCUT2D eigenvalue weighted by Gasteiger charge is 2.22. The molecule has 1 aromatic rings. The Labute approximate surface area is 123 Å². The Kier molecular flexibility index (Phi) is 4.75. The lowest BCUT2D eigenvalue weighted by atomic mass is 9.91. The topological polar surface area (TPSA) is 66.4 Å². The number of benzene rings is 1. The van der Waals surface area contributed by atoms with Crippen molar-refractivity contribution < 1.29 is 17.9 Å². The maximum atomic E-state index is 13.2. The van der Waals surface area contributed by atoms with Gasteiger partial charge in [0.05, 0.1) is 16.5 Å². The smallest absolute Gasteiger partial charge is 0.233 e. The molecule has 7 heteroatoms. The van der Waals surface area contributed by atoms with Gasteiger partial charge in [0.1, 0.15) is 5.82 Å². The number of hydrogen-bond donors (Lipinski definition) is 2. The summed E-state index contributed by atoms with van der Waals surface area (Å²) in [6.07, 6.45) is 4.99. The fraction of sp³-hybridized carbons (Fsp3) is 0.538. The molecule has 0 saturated heterocycles. The van der Waals surface area contributed by atoms with E-state index in [9.17, 15) is 17.9 Å². The van der Waals surface area contributed by atoms with E-state index in [1.807, 2.05) is 0 Å². The minimum absolute atomic E-state index is 0.0133. The molecule has 2 rings (SSSR count). The highest BCUT2D eigenvalue weighted by Crippen LogP contribution is 2.34. The molecule has 0 atom stereocenters. The first-order valence-corrected chi connectivity index (χ1v) is 8.59. The molecule has 2 N–H and O–H groups in total. The van der Waals surface area contributed by atoms with E-state index in [4.69, 9.17) is 11.6 Å². The zero-order chi connectivity index (χ0) is 14.8. The molecule has 4 nitrogen and oxygen atoms in total. The molecule has 1 aliphatic rings. The second kappa shape index (κ2) is 6.18. The number of anilines is 1. The molecular formula is C13H17ClFNO3S. The molecule has 0 aromatic heterocycles. The van der Waals surface area contributed by atoms with Crippen molar-refractivity contribution in [3.8, 4) is 5.75 Å². The number of aromatic hydroxyl groups is 1. The van der Waals surface area contributed by atoms with Gasteiger partial charge >= 0.3 is 0 Å². The van der Waals surface area contributed by atoms with Gasteiger partial charge in [0.2, 0.25) is 10.0 Å². The molecule has 0 radical (unpaired) electrons. The van der Waals surface area contributed by atoms with Crippen LogP contribution >= 0.6 is 11.6 Å². The van der Waals surface area contributed by atoms with Gasteiger partial charge in [0.25, 0.3) is 0 Å². The lowest BCUT2D eigenvalue weighted by Gasteiger charge is -2.21. The molecule has 20 heavy (non-hydrogen) atoms. The van der Waals surface area contributed by atoms with E-state index in [1.54, 1.807) is 0 Å². The number of sulfonamides is 1. The van der Waals surface area contributed by atoms with Crippen LogP contribution in [0, 0.1) is 11.7 Å². The Morgan fingerprint density at radius 2 is 1.95 bits per heavy atom. The van der Waals surface area contributed by atoms with Crippen LogP contribution in [0.2, 0.25) is 5.02 Å². The largest absolute Gasteiger partial charge is 0.504 e. The van der Waals surface area contributed by atoms with E-state index in [1.165, 1.54) is 0 Å². The molecule has 0 unspecified atom stereocenters. The number of phenolic OH excluding ortho intramolecular Hbond substituents is 1. The van der Waals surface area contributed by atoms with Gasteiger partial charge in [-0.05, 0) is 24.8 Å². The highest BCUT2D eigenvalue weighted by molar-refractivity contribution is 7.92. The molecule has 1 aromatic carbocycles. The minimum Gasteiger partial charge on any atom is -0.504 e. The standard InChI is InChI=1S/C13H17ClFNO3S/c14-11-6-10(15)7-12(13(11)17)16-20(18,19)8-9-4-2-1-3-5-9/h6-7,9,16-17H,1-5,8H2. The fourth-order valence-electron chi connectivity index (χ4n) is 2.52. The molecule has 1 saturated carbocycles. The van der Waals surface area contributed by atoms with E-state index in [2.05, 4.69) is 4.72 Å². The Hall–Kier alpha value is -1.01. The maximum Gasteiger partial charge on any atom is 0.233 e. The predicted molar refractivity (Wildman–Crippen MR) is 77.1 cm³/mol. The molecule has 0 bridgehead atoms. The van der Waals surface area contributed by atoms with E-state index >= 15 is 0 Å². The number of nitrogens with one attached hydrogen (secondary N) is 1. The number of hydrogen-bond acceptors (Lipinski definition) is 3. The SMILES string of the molecule is O=S(=O)(CC1CCCCC1)Nc1cc(F)cc(Cl)c1O. The van der Waals surface area contributed by atoms with Gasteiger partial charge in [-0.1, -0.05) is 30.9 Å². The van der Waals surface area contributed by atoms with Gasteiger partial charge in [-0.15, -0.1) is 0 Å². The van der Waals surface area contributed by atoms with Crippen LogP contribution in [0.5, 0.6) is 5.75 Å². The predicted octanol–water partition coefficient (Wildman–Crippen LogP) is 3.51. The van der Waals surface area contributed by atoms with Crippen molar-refractivity contribution >= 4 is 27.3 Å². The van der Waals surface area contributed by atoms with E-state index in [0.717, 1.165) is 44.2 Å². The first-order chi connectivity index (χ1) is 9.37. The van der Waals surface area contributed by atoms with Crippen molar-refractivity contribution in [1.29, 1.82) is 0 Å². The number of halogens is 2. The van der Waals surface area contributed by atoms with Gasteiger partial charge < -0.3 is 5.11 Å². The zero-order valence-corrected chi connectivity index (χ0v) is 12.5. The van der Waals surface area contributed by atoms with Crippen molar-refractivity contribution in [2.75, 3.05) is 10.5 Å². The summed E-state index contributed by atoms with van der Waals surface area (Å²) in [5.74, 6) is -1.06. The normalized spacial score (nSPS) is 17.1. The summed E-state index contributed by atoms with van der Waals surface area (Å²) in [7, 11) is -3.63. The third-order valence-electron chi connectivity index (χ3n) is 3.47. The van der Waals surface area contributed by atoms with Crippen LogP contribution in [0.1, 0.15) is 32.1 Å². The molecule has 1 aliphatic carbocycles. The third-order valence-corrected chi connectivity index (χ3v) is 5.20. The fourth-order valence-corrected chi connectivity index (χ4v) is 4.25. The van der Waals surface area contributed by atoms with Crippen molar-refractivity contribution in [3.63, 3.8) is 0 Å². The van der Waals surface area contributed by atoms with E-state index < -0.39 is 21.6 Å². The van der Waals surface area contributed by atoms with Crippen LogP contribution < -0.4 is 4.72 Å². The van der Waals surface area contributed by atoms with Gasteiger partial charge in [-0.3, -0.25) is 4.72 Å². The lowest BCUT2D eigenvalue weighted by Crippen LogP contribution is -2.24. The molecule has 0 heterocycles. The summed E-state index contributed by atoms with van der Waals surface area (Å²) < 4.78 is 39.5. The summed E-state index contributed by atoms with van der Waals surface area (Å²) in [5, 5.41) is 9.44. The molecule has 1 fully saturated rings. The van der Waals surface area contributed by atoms with Crippen LogP contribution in [-0.2, 0) is 10.0 Å². The second-order valence-corrected chi connectivity index (χ2v) is 7.35. The van der Waals surface area contributed by atoms with Gasteiger partial charge in [0.15, 0.2) is 5.75 Å². The molecular weight excluding hydrogens is 305 g/mol. The number of phenols is 1. The van der Waals surface area contributed by atoms with Crippen molar-refractivity contribution in [2.45, 2.75) is 32.1 Å². The average molecular weight is 322 g/mol. The average Bonchev–Trinajstić information content (AvgIpc) is 2.35. The van der Waals surface area contributed by atoms with E-state index in [-0.39, 0.29) is 22.4 Å². The van der Waals surface area contributed by atoms with Crippen LogP contribution in [0.25, 0.3) is 0 Å². The van der Waals surface area contributed by atoms with Crippen molar-refractivity contribution in [1.82, 2.24) is 0 Å². The summed E-state index contributed by atoms with van der Waals surface area (Å²) in [5.41, 5.74) is -0.217. The van der Waals surface area contributed by atoms with Gasteiger partial charge in [-0.25, -0.2) is 12.8 Å². The minimum atomic E-state index is -3.63. The molecule has 0 aliphatic heterocycles. The van der Waals surface area contributed by atoms with Gasteiger partial charge in [0, 0.05) is 6.07 Å². The third kappa shape index (κ3) is 3.99. The Balaban J connectivity index is 2.11. The Morgan fingerprint density at radius 1 is 1.30 bits per heavy atom. The summed E-state index contributed by atoms with van der Waals surface area (Å²) >= 11 is 5.62. The van der Waals surface area contributed by atoms with E-state index in [0.29, 0.717) is 0 Å². The summed E-state index contributed by atoms with van der Waals surface area (Å²) in [6.45, 7) is 0. The van der Waals surface area contributed by atoms with Crippen molar-refractivity contribution in [3.05, 3.63) is 23.0 Å². The van der Waals surface area contributed by atoms with Gasteiger partial charge in [-0.2, -0.15) is 0 Å². The number of rotatable bonds is 4. The second-order valence-electron chi connectivity index (χ2n) is 5.17. The van der Waals surface area contributed by atoms with Crippen LogP contribution in [0.4, 0.5) is 10.1 Å². The first-order valence-electron chi connectivity index (χ1n) is 6.56. The zero-order valence-electron chi connectivity index (χ0n) is 10.9. The Morgan fingerprint density at radius 3 is 2.60 bits per heavy atom. The highest BCUT2D eigenvalue weighted by atomic mass is 35.5.